The van der Waals surface area contributed by atoms with Gasteiger partial charge in [0.15, 0.2) is 11.5 Å². The molecule has 3 aromatic carbocycles. The van der Waals surface area contributed by atoms with Crippen molar-refractivity contribution >= 4 is 41.2 Å². The molecule has 3 rings (SSSR count). The third-order valence-electron chi connectivity index (χ3n) is 4.43. The number of benzene rings is 3. The van der Waals surface area contributed by atoms with Crippen molar-refractivity contribution in [1.82, 2.24) is 5.32 Å². The second-order valence-corrected chi connectivity index (χ2v) is 7.71. The van der Waals surface area contributed by atoms with Crippen LogP contribution in [0.4, 0.5) is 0 Å². The first-order valence-electron chi connectivity index (χ1n) is 10.0. The highest BCUT2D eigenvalue weighted by molar-refractivity contribution is 6.32. The van der Waals surface area contributed by atoms with Gasteiger partial charge in [0.05, 0.1) is 11.6 Å². The average Bonchev–Trinajstić information content (AvgIpc) is 2.79. The Balaban J connectivity index is 1.87. The lowest BCUT2D eigenvalue weighted by Gasteiger charge is -2.15. The molecule has 170 valence electrons. The summed E-state index contributed by atoms with van der Waals surface area (Å²) in [5.74, 6) is -1.17. The van der Waals surface area contributed by atoms with E-state index in [1.807, 2.05) is 12.1 Å². The van der Waals surface area contributed by atoms with Crippen LogP contribution in [0, 0.1) is 0 Å². The highest BCUT2D eigenvalue weighted by Gasteiger charge is 2.16. The molecule has 0 aliphatic heterocycles. The summed E-state index contributed by atoms with van der Waals surface area (Å²) in [6, 6.07) is 18.7. The van der Waals surface area contributed by atoms with E-state index in [1.54, 1.807) is 55.5 Å². The van der Waals surface area contributed by atoms with Gasteiger partial charge in [0.2, 0.25) is 0 Å². The molecule has 2 N–H and O–H groups in total. The molecule has 8 heteroatoms. The normalized spacial score (nSPS) is 11.1. The number of hydrogen-bond acceptors (Lipinski definition) is 4. The van der Waals surface area contributed by atoms with Crippen LogP contribution in [-0.2, 0) is 11.4 Å². The molecule has 0 saturated carbocycles. The van der Waals surface area contributed by atoms with Gasteiger partial charge in [-0.15, -0.1) is 0 Å². The molecule has 1 amide bonds. The quantitative estimate of drug-likeness (QED) is 0.372. The number of ether oxygens (including phenoxy) is 2. The Kier molecular flexibility index (Phi) is 8.35. The van der Waals surface area contributed by atoms with Crippen LogP contribution in [0.1, 0.15) is 28.4 Å². The summed E-state index contributed by atoms with van der Waals surface area (Å²) < 4.78 is 11.5. The number of nitrogens with one attached hydrogen (secondary N) is 1. The Hall–Kier alpha value is -3.48. The van der Waals surface area contributed by atoms with Crippen LogP contribution in [0.2, 0.25) is 10.0 Å². The van der Waals surface area contributed by atoms with Crippen LogP contribution in [0.5, 0.6) is 11.5 Å². The number of carbonyl (C=O) groups is 2. The molecule has 0 saturated heterocycles. The number of hydrogen-bond donors (Lipinski definition) is 2. The van der Waals surface area contributed by atoms with Crippen LogP contribution >= 0.6 is 23.2 Å². The van der Waals surface area contributed by atoms with Crippen molar-refractivity contribution in [2.24, 2.45) is 0 Å². The van der Waals surface area contributed by atoms with Crippen molar-refractivity contribution in [1.29, 1.82) is 0 Å². The lowest BCUT2D eigenvalue weighted by atomic mass is 10.1. The van der Waals surface area contributed by atoms with Crippen molar-refractivity contribution in [3.8, 4) is 11.5 Å². The largest absolute Gasteiger partial charge is 0.490 e. The minimum atomic E-state index is -1.30. The highest BCUT2D eigenvalue weighted by atomic mass is 35.5. The molecule has 0 heterocycles. The van der Waals surface area contributed by atoms with Gasteiger partial charge in [0.25, 0.3) is 5.91 Å². The van der Waals surface area contributed by atoms with Gasteiger partial charge in [-0.05, 0) is 60.5 Å². The smallest absolute Gasteiger partial charge is 0.352 e. The van der Waals surface area contributed by atoms with E-state index in [1.165, 1.54) is 12.1 Å². The van der Waals surface area contributed by atoms with Crippen molar-refractivity contribution in [2.75, 3.05) is 6.61 Å². The molecule has 0 aliphatic rings. The van der Waals surface area contributed by atoms with Gasteiger partial charge in [-0.1, -0.05) is 53.5 Å². The van der Waals surface area contributed by atoms with Crippen molar-refractivity contribution in [2.45, 2.75) is 13.5 Å². The predicted octanol–water partition coefficient (Wildman–Crippen LogP) is 5.83. The van der Waals surface area contributed by atoms with Crippen LogP contribution in [-0.4, -0.2) is 23.6 Å². The lowest BCUT2D eigenvalue weighted by Crippen LogP contribution is -2.27. The number of carboxylic acid groups (broad SMARTS) is 1. The number of halogens is 2. The third-order valence-corrected chi connectivity index (χ3v) is 4.95. The summed E-state index contributed by atoms with van der Waals surface area (Å²) in [5.41, 5.74) is 1.29. The minimum absolute atomic E-state index is 0.211. The second-order valence-electron chi connectivity index (χ2n) is 6.86. The molecule has 0 atom stereocenters. The number of carbonyl (C=O) groups excluding carboxylic acids is 1. The average molecular weight is 486 g/mol. The summed E-state index contributed by atoms with van der Waals surface area (Å²) in [4.78, 5) is 24.1. The zero-order chi connectivity index (χ0) is 23.8. The Labute approximate surface area is 201 Å². The van der Waals surface area contributed by atoms with Crippen molar-refractivity contribution in [3.05, 3.63) is 99.2 Å². The summed E-state index contributed by atoms with van der Waals surface area (Å²) in [5, 5.41) is 12.8. The molecule has 0 aromatic heterocycles. The first-order valence-corrected chi connectivity index (χ1v) is 10.8. The maximum atomic E-state index is 12.4. The second kappa shape index (κ2) is 11.4. The van der Waals surface area contributed by atoms with Gasteiger partial charge in [0.1, 0.15) is 12.3 Å². The van der Waals surface area contributed by atoms with E-state index in [0.29, 0.717) is 34.3 Å². The number of rotatable bonds is 9. The highest BCUT2D eigenvalue weighted by Crippen LogP contribution is 2.38. The monoisotopic (exact) mass is 485 g/mol. The van der Waals surface area contributed by atoms with Gasteiger partial charge in [-0.25, -0.2) is 4.79 Å². The topological polar surface area (TPSA) is 84.9 Å². The van der Waals surface area contributed by atoms with Gasteiger partial charge in [-0.2, -0.15) is 0 Å². The van der Waals surface area contributed by atoms with Gasteiger partial charge >= 0.3 is 5.97 Å². The van der Waals surface area contributed by atoms with Crippen molar-refractivity contribution < 1.29 is 24.2 Å². The fourth-order valence-electron chi connectivity index (χ4n) is 2.96. The van der Waals surface area contributed by atoms with E-state index in [9.17, 15) is 14.7 Å². The third kappa shape index (κ3) is 6.75. The maximum absolute atomic E-state index is 12.4. The van der Waals surface area contributed by atoms with E-state index in [4.69, 9.17) is 32.7 Å². The molecule has 33 heavy (non-hydrogen) atoms. The first kappa shape index (κ1) is 24.2. The molecular weight excluding hydrogens is 465 g/mol. The Morgan fingerprint density at radius 3 is 2.42 bits per heavy atom. The fraction of sp³-hybridized carbons (Fsp3) is 0.120. The molecule has 0 spiro atoms. The van der Waals surface area contributed by atoms with Gasteiger partial charge < -0.3 is 19.9 Å². The fourth-order valence-corrected chi connectivity index (χ4v) is 3.45. The predicted molar refractivity (Wildman–Crippen MR) is 128 cm³/mol. The Bertz CT molecular complexity index is 1180. The summed E-state index contributed by atoms with van der Waals surface area (Å²) in [7, 11) is 0. The van der Waals surface area contributed by atoms with E-state index in [0.717, 1.165) is 5.56 Å². The molecule has 0 radical (unpaired) electrons. The standard InChI is InChI=1S/C25H21Cl2NO5/c1-2-32-22-14-17(12-20(27)23(22)33-15-16-7-6-10-19(26)11-16)13-21(25(30)31)28-24(29)18-8-4-3-5-9-18/h3-14H,2,15H2,1H3,(H,28,29)(H,30,31). The molecule has 0 bridgehead atoms. The number of amides is 1. The van der Waals surface area contributed by atoms with Crippen molar-refractivity contribution in [3.63, 3.8) is 0 Å². The molecular formula is C25H21Cl2NO5. The zero-order valence-electron chi connectivity index (χ0n) is 17.7. The summed E-state index contributed by atoms with van der Waals surface area (Å²) in [6.45, 7) is 2.36. The SMILES string of the molecule is CCOc1cc(C=C(NC(=O)c2ccccc2)C(=O)O)cc(Cl)c1OCc1cccc(Cl)c1. The first-order chi connectivity index (χ1) is 15.9. The van der Waals surface area contributed by atoms with Crippen LogP contribution < -0.4 is 14.8 Å². The zero-order valence-corrected chi connectivity index (χ0v) is 19.2. The van der Waals surface area contributed by atoms with Gasteiger partial charge in [0, 0.05) is 10.6 Å². The maximum Gasteiger partial charge on any atom is 0.352 e. The molecule has 6 nitrogen and oxygen atoms in total. The van der Waals surface area contributed by atoms with Crippen LogP contribution in [0.25, 0.3) is 6.08 Å². The Morgan fingerprint density at radius 1 is 1.00 bits per heavy atom. The summed E-state index contributed by atoms with van der Waals surface area (Å²) >= 11 is 12.5. The van der Waals surface area contributed by atoms with Crippen LogP contribution in [0.3, 0.4) is 0 Å². The molecule has 3 aromatic rings. The molecule has 0 unspecified atom stereocenters. The molecule has 0 fully saturated rings. The summed E-state index contributed by atoms with van der Waals surface area (Å²) in [6.07, 6.45) is 1.30. The number of aliphatic carboxylic acids is 1. The lowest BCUT2D eigenvalue weighted by molar-refractivity contribution is -0.132. The van der Waals surface area contributed by atoms with E-state index in [-0.39, 0.29) is 17.3 Å². The molecule has 0 aliphatic carbocycles. The van der Waals surface area contributed by atoms with Gasteiger partial charge in [-0.3, -0.25) is 4.79 Å². The van der Waals surface area contributed by atoms with E-state index in [2.05, 4.69) is 5.32 Å². The van der Waals surface area contributed by atoms with E-state index < -0.39 is 11.9 Å². The van der Waals surface area contributed by atoms with Crippen LogP contribution in [0.15, 0.2) is 72.4 Å². The minimum Gasteiger partial charge on any atom is -0.490 e. The number of carboxylic acids is 1. The Morgan fingerprint density at radius 2 is 1.76 bits per heavy atom. The van der Waals surface area contributed by atoms with E-state index >= 15 is 0 Å².